The summed E-state index contributed by atoms with van der Waals surface area (Å²) in [4.78, 5) is 15.7. The molecule has 0 aliphatic carbocycles. The van der Waals surface area contributed by atoms with Crippen LogP contribution in [0.5, 0.6) is 0 Å². The molecule has 0 spiro atoms. The Morgan fingerprint density at radius 2 is 2.17 bits per heavy atom. The molecule has 1 N–H and O–H groups in total. The molecule has 4 nitrogen and oxygen atoms in total. The first-order valence-corrected chi connectivity index (χ1v) is 6.68. The molecule has 0 radical (unpaired) electrons. The van der Waals surface area contributed by atoms with E-state index in [0.717, 1.165) is 9.35 Å². The highest BCUT2D eigenvalue weighted by molar-refractivity contribution is 9.11. The van der Waals surface area contributed by atoms with Crippen molar-refractivity contribution in [2.45, 2.75) is 6.42 Å². The molecule has 0 unspecified atom stereocenters. The molecule has 0 aliphatic heterocycles. The fraction of sp³-hybridized carbons (Fsp3) is 0.0833. The predicted molar refractivity (Wildman–Crippen MR) is 73.3 cm³/mol. The number of carbonyl (C=O) groups is 1. The van der Waals surface area contributed by atoms with Crippen molar-refractivity contribution in [3.63, 3.8) is 0 Å². The number of carbonyl (C=O) groups excluding carboxylic acids is 1. The first kappa shape index (κ1) is 12.7. The molecule has 1 aromatic carbocycles. The molecule has 0 saturated carbocycles. The number of aromatic nitrogens is 1. The lowest BCUT2D eigenvalue weighted by atomic mass is 10.1. The number of nitrogens with zero attached hydrogens (tertiary/aromatic N) is 2. The van der Waals surface area contributed by atoms with Crippen molar-refractivity contribution in [1.82, 2.24) is 4.98 Å². The van der Waals surface area contributed by atoms with Crippen LogP contribution in [0.15, 0.2) is 34.2 Å². The highest BCUT2D eigenvalue weighted by Gasteiger charge is 2.06. The largest absolute Gasteiger partial charge is 0.302 e. The van der Waals surface area contributed by atoms with Gasteiger partial charge in [0.05, 0.1) is 28.0 Å². The van der Waals surface area contributed by atoms with Crippen LogP contribution in [-0.4, -0.2) is 10.9 Å². The SMILES string of the molecule is N#Cc1ccc(CC(=O)Nc2ncc(Br)s2)cc1. The molecule has 1 heterocycles. The van der Waals surface area contributed by atoms with Gasteiger partial charge in [-0.3, -0.25) is 4.79 Å². The molecular formula is C12H8BrN3OS. The number of hydrogen-bond donors (Lipinski definition) is 1. The van der Waals surface area contributed by atoms with Gasteiger partial charge in [-0.05, 0) is 33.6 Å². The Kier molecular flexibility index (Phi) is 4.07. The van der Waals surface area contributed by atoms with Crippen molar-refractivity contribution in [3.8, 4) is 6.07 Å². The second kappa shape index (κ2) is 5.76. The maximum Gasteiger partial charge on any atom is 0.230 e. The second-order valence-electron chi connectivity index (χ2n) is 3.50. The number of hydrogen-bond acceptors (Lipinski definition) is 4. The smallest absolute Gasteiger partial charge is 0.230 e. The van der Waals surface area contributed by atoms with Crippen molar-refractivity contribution in [2.75, 3.05) is 5.32 Å². The van der Waals surface area contributed by atoms with Gasteiger partial charge in [0.1, 0.15) is 0 Å². The van der Waals surface area contributed by atoms with E-state index in [0.29, 0.717) is 10.7 Å². The molecule has 2 rings (SSSR count). The summed E-state index contributed by atoms with van der Waals surface area (Å²) in [7, 11) is 0. The van der Waals surface area contributed by atoms with E-state index in [1.165, 1.54) is 11.3 Å². The predicted octanol–water partition coefficient (Wildman–Crippen LogP) is 2.96. The molecule has 0 bridgehead atoms. The van der Waals surface area contributed by atoms with Crippen LogP contribution in [0.1, 0.15) is 11.1 Å². The number of rotatable bonds is 3. The molecule has 2 aromatic rings. The Hall–Kier alpha value is -1.71. The topological polar surface area (TPSA) is 65.8 Å². The highest BCUT2D eigenvalue weighted by Crippen LogP contribution is 2.23. The molecule has 0 saturated heterocycles. The van der Waals surface area contributed by atoms with E-state index >= 15 is 0 Å². The van der Waals surface area contributed by atoms with Crippen LogP contribution < -0.4 is 5.32 Å². The van der Waals surface area contributed by atoms with Crippen molar-refractivity contribution in [1.29, 1.82) is 5.26 Å². The van der Waals surface area contributed by atoms with E-state index in [4.69, 9.17) is 5.26 Å². The normalized spacial score (nSPS) is 9.78. The zero-order valence-corrected chi connectivity index (χ0v) is 11.6. The van der Waals surface area contributed by atoms with Gasteiger partial charge in [-0.25, -0.2) is 4.98 Å². The van der Waals surface area contributed by atoms with Gasteiger partial charge < -0.3 is 5.32 Å². The summed E-state index contributed by atoms with van der Waals surface area (Å²) in [6.07, 6.45) is 1.91. The van der Waals surface area contributed by atoms with Crippen LogP contribution in [-0.2, 0) is 11.2 Å². The number of thiazole rings is 1. The van der Waals surface area contributed by atoms with Crippen molar-refractivity contribution in [2.24, 2.45) is 0 Å². The monoisotopic (exact) mass is 321 g/mol. The van der Waals surface area contributed by atoms with Crippen LogP contribution >= 0.6 is 27.3 Å². The summed E-state index contributed by atoms with van der Waals surface area (Å²) in [6, 6.07) is 8.98. The number of amides is 1. The van der Waals surface area contributed by atoms with Crippen LogP contribution in [0.4, 0.5) is 5.13 Å². The van der Waals surface area contributed by atoms with Gasteiger partial charge in [0.2, 0.25) is 5.91 Å². The van der Waals surface area contributed by atoms with E-state index in [9.17, 15) is 4.79 Å². The Morgan fingerprint density at radius 3 is 2.72 bits per heavy atom. The second-order valence-corrected chi connectivity index (χ2v) is 5.91. The zero-order chi connectivity index (χ0) is 13.0. The van der Waals surface area contributed by atoms with E-state index in [1.54, 1.807) is 30.5 Å². The maximum absolute atomic E-state index is 11.7. The lowest BCUT2D eigenvalue weighted by Crippen LogP contribution is -2.14. The summed E-state index contributed by atoms with van der Waals surface area (Å²) in [6.45, 7) is 0. The quantitative estimate of drug-likeness (QED) is 0.945. The van der Waals surface area contributed by atoms with E-state index in [1.807, 2.05) is 6.07 Å². The Bertz CT molecular complexity index is 601. The highest BCUT2D eigenvalue weighted by atomic mass is 79.9. The summed E-state index contributed by atoms with van der Waals surface area (Å²) < 4.78 is 0.871. The first-order chi connectivity index (χ1) is 8.67. The van der Waals surface area contributed by atoms with E-state index in [-0.39, 0.29) is 12.3 Å². The summed E-state index contributed by atoms with van der Waals surface area (Å²) in [5.74, 6) is -0.124. The maximum atomic E-state index is 11.7. The third-order valence-electron chi connectivity index (χ3n) is 2.17. The summed E-state index contributed by atoms with van der Waals surface area (Å²) in [5.41, 5.74) is 1.45. The van der Waals surface area contributed by atoms with Gasteiger partial charge in [-0.1, -0.05) is 23.5 Å². The molecule has 6 heteroatoms. The molecular weight excluding hydrogens is 314 g/mol. The average Bonchev–Trinajstić information content (AvgIpc) is 2.75. The van der Waals surface area contributed by atoms with Crippen LogP contribution in [0.2, 0.25) is 0 Å². The number of halogens is 1. The van der Waals surface area contributed by atoms with Gasteiger partial charge in [-0.15, -0.1) is 0 Å². The third-order valence-corrected chi connectivity index (χ3v) is 3.56. The Balaban J connectivity index is 1.96. The Morgan fingerprint density at radius 1 is 1.44 bits per heavy atom. The standard InChI is InChI=1S/C12H8BrN3OS/c13-10-7-15-12(18-10)16-11(17)5-8-1-3-9(6-14)4-2-8/h1-4,7H,5H2,(H,15,16,17). The number of nitriles is 1. The molecule has 1 amide bonds. The molecule has 18 heavy (non-hydrogen) atoms. The van der Waals surface area contributed by atoms with Gasteiger partial charge in [-0.2, -0.15) is 5.26 Å². The number of nitrogens with one attached hydrogen (secondary N) is 1. The molecule has 1 aromatic heterocycles. The minimum Gasteiger partial charge on any atom is -0.302 e. The summed E-state index contributed by atoms with van der Waals surface area (Å²) >= 11 is 4.64. The minimum absolute atomic E-state index is 0.124. The lowest BCUT2D eigenvalue weighted by Gasteiger charge is -2.01. The zero-order valence-electron chi connectivity index (χ0n) is 9.18. The third kappa shape index (κ3) is 3.39. The van der Waals surface area contributed by atoms with Crippen LogP contribution in [0.3, 0.4) is 0 Å². The molecule has 90 valence electrons. The van der Waals surface area contributed by atoms with Gasteiger partial charge in [0, 0.05) is 0 Å². The van der Waals surface area contributed by atoms with Gasteiger partial charge >= 0.3 is 0 Å². The molecule has 0 fully saturated rings. The molecule has 0 atom stereocenters. The van der Waals surface area contributed by atoms with Crippen molar-refractivity contribution < 1.29 is 4.79 Å². The van der Waals surface area contributed by atoms with Crippen LogP contribution in [0.25, 0.3) is 0 Å². The lowest BCUT2D eigenvalue weighted by molar-refractivity contribution is -0.115. The number of benzene rings is 1. The fourth-order valence-electron chi connectivity index (χ4n) is 1.36. The first-order valence-electron chi connectivity index (χ1n) is 5.07. The van der Waals surface area contributed by atoms with E-state index in [2.05, 4.69) is 26.2 Å². The minimum atomic E-state index is -0.124. The Labute approximate surface area is 116 Å². The van der Waals surface area contributed by atoms with E-state index < -0.39 is 0 Å². The average molecular weight is 322 g/mol. The van der Waals surface area contributed by atoms with Crippen molar-refractivity contribution in [3.05, 3.63) is 45.4 Å². The van der Waals surface area contributed by atoms with Gasteiger partial charge in [0.15, 0.2) is 5.13 Å². The number of anilines is 1. The van der Waals surface area contributed by atoms with Crippen molar-refractivity contribution >= 4 is 38.3 Å². The fourth-order valence-corrected chi connectivity index (χ4v) is 2.48. The summed E-state index contributed by atoms with van der Waals surface area (Å²) in [5, 5.41) is 12.0. The van der Waals surface area contributed by atoms with Crippen LogP contribution in [0, 0.1) is 11.3 Å². The van der Waals surface area contributed by atoms with Gasteiger partial charge in [0.25, 0.3) is 0 Å². The molecule has 0 aliphatic rings.